The Morgan fingerprint density at radius 2 is 1.07 bits per heavy atom. The van der Waals surface area contributed by atoms with Crippen LogP contribution in [-0.2, 0) is 30.5 Å². The Bertz CT molecular complexity index is 3060. The number of alkyl halides is 1. The molecule has 2 aromatic heterocycles. The Hall–Kier alpha value is -5.16. The fourth-order valence-corrected chi connectivity index (χ4v) is 9.70. The van der Waals surface area contributed by atoms with Crippen LogP contribution in [0.25, 0.3) is 21.8 Å². The molecule has 0 spiro atoms. The number of aliphatic hydroxyl groups excluding tert-OH is 1. The molecule has 0 aliphatic heterocycles. The Labute approximate surface area is 456 Å². The summed E-state index contributed by atoms with van der Waals surface area (Å²) in [6.45, 7) is 14.4. The zero-order valence-electron chi connectivity index (χ0n) is 41.5. The summed E-state index contributed by atoms with van der Waals surface area (Å²) in [5.74, 6) is 1.25. The molecule has 0 unspecified atom stereocenters. The van der Waals surface area contributed by atoms with Gasteiger partial charge in [0.2, 0.25) is 11.1 Å². The van der Waals surface area contributed by atoms with E-state index in [0.29, 0.717) is 47.6 Å². The number of benzene rings is 6. The number of pyridine rings is 2. The lowest BCUT2D eigenvalue weighted by atomic mass is 10.0. The second-order valence-corrected chi connectivity index (χ2v) is 26.1. The van der Waals surface area contributed by atoms with Gasteiger partial charge in [-0.25, -0.2) is 0 Å². The number of hydrogen-bond donors (Lipinski definition) is 5. The fraction of sp³-hybridized carbons (Fsp3) is 0.288. The minimum atomic E-state index is -2.10. The summed E-state index contributed by atoms with van der Waals surface area (Å²) in [5.41, 5.74) is 12.8. The second kappa shape index (κ2) is 28.5. The minimum Gasteiger partial charge on any atom is -0.487 e. The highest BCUT2D eigenvalue weighted by atomic mass is 79.9. The molecule has 0 saturated heterocycles. The van der Waals surface area contributed by atoms with Crippen molar-refractivity contribution in [3.05, 3.63) is 221 Å². The highest BCUT2D eigenvalue weighted by Gasteiger charge is 2.39. The third-order valence-electron chi connectivity index (χ3n) is 12.5. The van der Waals surface area contributed by atoms with Crippen molar-refractivity contribution in [2.24, 2.45) is 5.73 Å². The molecule has 0 aliphatic rings. The molecule has 8 aromatic rings. The van der Waals surface area contributed by atoms with Crippen LogP contribution >= 0.6 is 47.8 Å². The number of aromatic nitrogens is 2. The second-order valence-electron chi connectivity index (χ2n) is 18.9. The van der Waals surface area contributed by atoms with Crippen LogP contribution in [0.3, 0.4) is 0 Å². The average molecular weight is 1200 g/mol. The summed E-state index contributed by atoms with van der Waals surface area (Å²) in [6.07, 6.45) is 1.08. The fourth-order valence-electron chi connectivity index (χ4n) is 7.54. The molecule has 73 heavy (non-hydrogen) atoms. The average Bonchev–Trinajstić information content (AvgIpc) is 3.37. The number of ether oxygens (including phenoxy) is 2. The lowest BCUT2D eigenvalue weighted by Gasteiger charge is -2.39. The van der Waals surface area contributed by atoms with Crippen LogP contribution in [0.2, 0.25) is 18.1 Å². The van der Waals surface area contributed by atoms with Crippen molar-refractivity contribution in [2.75, 3.05) is 25.0 Å². The molecule has 0 aliphatic carbocycles. The van der Waals surface area contributed by atoms with Gasteiger partial charge < -0.3 is 40.0 Å². The molecular weight excluding hydrogens is 1130 g/mol. The molecule has 0 radical (unpaired) electrons. The maximum absolute atomic E-state index is 12.4. The van der Waals surface area contributed by atoms with E-state index in [-0.39, 0.29) is 29.7 Å². The number of halogens is 3. The Kier molecular flexibility index (Phi) is 22.9. The summed E-state index contributed by atoms with van der Waals surface area (Å²) < 4.78 is 21.3. The first kappa shape index (κ1) is 58.7. The van der Waals surface area contributed by atoms with Gasteiger partial charge >= 0.3 is 0 Å². The van der Waals surface area contributed by atoms with Crippen molar-refractivity contribution in [1.29, 1.82) is 0 Å². The molecule has 0 fully saturated rings. The van der Waals surface area contributed by atoms with Crippen LogP contribution in [0.1, 0.15) is 73.8 Å². The maximum Gasteiger partial charge on any atom is 0.248 e. The van der Waals surface area contributed by atoms with E-state index >= 15 is 0 Å². The number of aromatic amines is 2. The molecule has 0 bridgehead atoms. The topological polar surface area (TPSA) is 152 Å². The number of aliphatic hydroxyl groups is 1. The van der Waals surface area contributed by atoms with Gasteiger partial charge in [0.15, 0.2) is 8.32 Å². The van der Waals surface area contributed by atoms with E-state index in [1.54, 1.807) is 18.2 Å². The van der Waals surface area contributed by atoms with Gasteiger partial charge in [-0.1, -0.05) is 173 Å². The van der Waals surface area contributed by atoms with E-state index in [0.717, 1.165) is 67.9 Å². The maximum atomic E-state index is 12.4. The number of nitrogens with one attached hydrogen (secondary N) is 3. The molecule has 2 atom stereocenters. The predicted molar refractivity (Wildman–Crippen MR) is 315 cm³/mol. The Balaban J connectivity index is 0.000000243. The predicted octanol–water partition coefficient (Wildman–Crippen LogP) is 13.9. The Morgan fingerprint density at radius 1 is 0.616 bits per heavy atom. The smallest absolute Gasteiger partial charge is 0.248 e. The Morgan fingerprint density at radius 3 is 1.52 bits per heavy atom. The minimum absolute atomic E-state index is 0. The van der Waals surface area contributed by atoms with Crippen LogP contribution in [-0.4, -0.2) is 48.4 Å². The van der Waals surface area contributed by atoms with Crippen molar-refractivity contribution >= 4 is 77.9 Å². The monoisotopic (exact) mass is 1190 g/mol. The molecule has 6 N–H and O–H groups in total. The summed E-state index contributed by atoms with van der Waals surface area (Å²) in [4.78, 5) is 29.9. The lowest BCUT2D eigenvalue weighted by molar-refractivity contribution is 0.182. The van der Waals surface area contributed by atoms with E-state index in [2.05, 4.69) is 139 Å². The first-order valence-corrected chi connectivity index (χ1v) is 29.6. The van der Waals surface area contributed by atoms with Gasteiger partial charge in [0.25, 0.3) is 0 Å². The van der Waals surface area contributed by atoms with Crippen LogP contribution < -0.4 is 31.6 Å². The van der Waals surface area contributed by atoms with Gasteiger partial charge in [-0.15, -0.1) is 0 Å². The number of nitrogens with two attached hydrogens (primary N) is 1. The summed E-state index contributed by atoms with van der Waals surface area (Å²) >= 11 is 10.2. The number of fused-ring (bicyclic) bond motifs is 2. The zero-order valence-corrected chi connectivity index (χ0v) is 47.3. The summed E-state index contributed by atoms with van der Waals surface area (Å²) in [6, 6.07) is 50.8. The van der Waals surface area contributed by atoms with Crippen molar-refractivity contribution in [3.8, 4) is 11.5 Å². The lowest BCUT2D eigenvalue weighted by Crippen LogP contribution is -2.43. The number of H-pyrrole nitrogens is 2. The standard InChI is InChI=1S/C32H39BrN2O3Si.C18H16BrNO3.C8H10BrN.CH4/c1-32(2,3)39(4,5)38-29(21-34-20-19-23-11-13-25(33)14-12-23)26-15-17-28(31-27(26)16-18-30(36)35-31)37-22-24-9-7-6-8-10-24;19-10-15(21)13-6-8-16(18-14(13)7-9-17(22)20-18)23-11-12-4-2-1-3-5-12;9-8-3-1-7(2-4-8)5-6-10;/h6-18,29,34H,19-22H2,1-5H3,(H,35,36);1-9,15,21H,10-11H2,(H,20,22);1-4H,5-6,10H2;1H4/t29-;15-;;/m10../s1. The number of rotatable bonds is 18. The third-order valence-corrected chi connectivity index (χ3v) is 18.7. The van der Waals surface area contributed by atoms with Crippen molar-refractivity contribution in [2.45, 2.75) is 84.6 Å². The quantitative estimate of drug-likeness (QED) is 0.0324. The molecular formula is C59H69Br3N4O6Si. The van der Waals surface area contributed by atoms with Crippen LogP contribution in [0, 0.1) is 0 Å². The van der Waals surface area contributed by atoms with Gasteiger partial charge in [-0.3, -0.25) is 9.59 Å². The van der Waals surface area contributed by atoms with Gasteiger partial charge in [0.05, 0.1) is 23.2 Å². The van der Waals surface area contributed by atoms with Gasteiger partial charge in [-0.05, 0) is 126 Å². The van der Waals surface area contributed by atoms with E-state index in [1.165, 1.54) is 17.2 Å². The molecule has 14 heteroatoms. The molecule has 386 valence electrons. The summed E-state index contributed by atoms with van der Waals surface area (Å²) in [7, 11) is -2.10. The first-order valence-electron chi connectivity index (χ1n) is 24.0. The third kappa shape index (κ3) is 17.5. The first-order chi connectivity index (χ1) is 34.5. The van der Waals surface area contributed by atoms with Crippen LogP contribution in [0.5, 0.6) is 11.5 Å². The van der Waals surface area contributed by atoms with E-state index < -0.39 is 14.4 Å². The van der Waals surface area contributed by atoms with E-state index in [4.69, 9.17) is 19.6 Å². The van der Waals surface area contributed by atoms with E-state index in [9.17, 15) is 14.7 Å². The zero-order chi connectivity index (χ0) is 51.7. The van der Waals surface area contributed by atoms with Crippen LogP contribution in [0.4, 0.5) is 0 Å². The molecule has 6 aromatic carbocycles. The highest BCUT2D eigenvalue weighted by Crippen LogP contribution is 2.41. The molecule has 10 nitrogen and oxygen atoms in total. The normalized spacial score (nSPS) is 12.1. The van der Waals surface area contributed by atoms with Gasteiger partial charge in [0.1, 0.15) is 24.7 Å². The molecule has 0 amide bonds. The molecule has 2 heterocycles. The molecule has 0 saturated carbocycles. The van der Waals surface area contributed by atoms with E-state index in [1.807, 2.05) is 91.0 Å². The number of hydrogen-bond acceptors (Lipinski definition) is 8. The molecule has 8 rings (SSSR count). The van der Waals surface area contributed by atoms with Crippen LogP contribution in [0.15, 0.2) is 176 Å². The van der Waals surface area contributed by atoms with Gasteiger partial charge in [0, 0.05) is 43.7 Å². The van der Waals surface area contributed by atoms with Crippen molar-refractivity contribution in [3.63, 3.8) is 0 Å². The van der Waals surface area contributed by atoms with Crippen molar-refractivity contribution in [1.82, 2.24) is 15.3 Å². The van der Waals surface area contributed by atoms with Crippen molar-refractivity contribution < 1.29 is 19.0 Å². The van der Waals surface area contributed by atoms with Gasteiger partial charge in [-0.2, -0.15) is 0 Å². The SMILES string of the molecule is C.CC(C)(C)[Si](C)(C)O[C@H](CNCCc1ccc(Br)cc1)c1ccc(OCc2ccccc2)c2[nH]c(=O)ccc12.NCCc1ccc(Br)cc1.O=c1ccc2c([C@@H](O)CBr)ccc(OCc3ccccc3)c2[nH]1. The summed E-state index contributed by atoms with van der Waals surface area (Å²) in [5, 5.41) is 16.0. The highest BCUT2D eigenvalue weighted by molar-refractivity contribution is 9.10. The largest absolute Gasteiger partial charge is 0.487 e.